The number of halogens is 1. The van der Waals surface area contributed by atoms with Crippen molar-refractivity contribution in [2.45, 2.75) is 24.3 Å². The topological polar surface area (TPSA) is 84.9 Å². The molecule has 1 saturated heterocycles. The summed E-state index contributed by atoms with van der Waals surface area (Å²) in [5.74, 6) is 0.716. The molecule has 7 nitrogen and oxygen atoms in total. The van der Waals surface area contributed by atoms with E-state index >= 15 is 0 Å². The van der Waals surface area contributed by atoms with Crippen molar-refractivity contribution in [3.05, 3.63) is 53.1 Å². The van der Waals surface area contributed by atoms with E-state index < -0.39 is 10.0 Å². The Morgan fingerprint density at radius 2 is 1.77 bits per heavy atom. The highest BCUT2D eigenvalue weighted by molar-refractivity contribution is 7.89. The third-order valence-electron chi connectivity index (χ3n) is 5.19. The fraction of sp³-hybridized carbons (Fsp3) is 0.381. The summed E-state index contributed by atoms with van der Waals surface area (Å²) in [5.41, 5.74) is 0.970. The fourth-order valence-electron chi connectivity index (χ4n) is 3.43. The van der Waals surface area contributed by atoms with Crippen LogP contribution in [0, 0.1) is 5.92 Å². The first-order valence-electron chi connectivity index (χ1n) is 9.59. The number of ether oxygens (including phenoxy) is 2. The number of nitrogens with one attached hydrogen (secondary N) is 1. The van der Waals surface area contributed by atoms with Crippen molar-refractivity contribution in [3.63, 3.8) is 0 Å². The van der Waals surface area contributed by atoms with Gasteiger partial charge in [0.1, 0.15) is 16.4 Å². The van der Waals surface area contributed by atoms with E-state index in [9.17, 15) is 13.2 Å². The van der Waals surface area contributed by atoms with Crippen LogP contribution in [0.15, 0.2) is 47.4 Å². The molecule has 0 unspecified atom stereocenters. The van der Waals surface area contributed by atoms with Gasteiger partial charge in [-0.1, -0.05) is 23.7 Å². The minimum absolute atomic E-state index is 0.0416. The summed E-state index contributed by atoms with van der Waals surface area (Å²) in [6.07, 6.45) is 0.910. The Balaban J connectivity index is 1.58. The average Bonchev–Trinajstić information content (AvgIpc) is 2.77. The second kappa shape index (κ2) is 9.68. The molecule has 1 aliphatic rings. The molecule has 2 aromatic carbocycles. The van der Waals surface area contributed by atoms with Gasteiger partial charge in [-0.15, -0.1) is 0 Å². The van der Waals surface area contributed by atoms with Crippen LogP contribution in [-0.4, -0.2) is 45.9 Å². The minimum Gasteiger partial charge on any atom is -0.497 e. The van der Waals surface area contributed by atoms with Crippen LogP contribution in [-0.2, 0) is 21.4 Å². The zero-order chi connectivity index (χ0) is 21.7. The van der Waals surface area contributed by atoms with Crippen molar-refractivity contribution >= 4 is 27.5 Å². The third kappa shape index (κ3) is 5.06. The Morgan fingerprint density at radius 3 is 2.37 bits per heavy atom. The van der Waals surface area contributed by atoms with E-state index in [0.29, 0.717) is 24.4 Å². The molecular weight excluding hydrogens is 428 g/mol. The van der Waals surface area contributed by atoms with Crippen LogP contribution in [0.2, 0.25) is 5.02 Å². The highest BCUT2D eigenvalue weighted by atomic mass is 35.5. The molecule has 0 aliphatic carbocycles. The van der Waals surface area contributed by atoms with Crippen molar-refractivity contribution in [2.75, 3.05) is 27.3 Å². The number of hydrogen-bond acceptors (Lipinski definition) is 5. The fourth-order valence-corrected chi connectivity index (χ4v) is 5.31. The maximum Gasteiger partial charge on any atom is 0.246 e. The number of nitrogens with zero attached hydrogens (tertiary/aromatic N) is 1. The van der Waals surface area contributed by atoms with E-state index in [-0.39, 0.29) is 35.6 Å². The number of rotatable bonds is 7. The smallest absolute Gasteiger partial charge is 0.246 e. The number of methoxy groups -OCH3 is 2. The van der Waals surface area contributed by atoms with E-state index in [4.69, 9.17) is 21.1 Å². The van der Waals surface area contributed by atoms with Gasteiger partial charge in [-0.05, 0) is 48.7 Å². The van der Waals surface area contributed by atoms with Gasteiger partial charge in [-0.25, -0.2) is 8.42 Å². The van der Waals surface area contributed by atoms with Crippen LogP contribution in [0.5, 0.6) is 11.5 Å². The summed E-state index contributed by atoms with van der Waals surface area (Å²) in [7, 11) is -0.737. The molecule has 1 N–H and O–H groups in total. The normalized spacial score (nSPS) is 15.6. The van der Waals surface area contributed by atoms with Crippen molar-refractivity contribution in [2.24, 2.45) is 5.92 Å². The first-order chi connectivity index (χ1) is 14.3. The molecule has 30 heavy (non-hydrogen) atoms. The third-order valence-corrected chi connectivity index (χ3v) is 7.35. The number of carbonyl (C=O) groups is 1. The lowest BCUT2D eigenvalue weighted by molar-refractivity contribution is -0.126. The van der Waals surface area contributed by atoms with Crippen molar-refractivity contribution < 1.29 is 22.7 Å². The Kier molecular flexibility index (Phi) is 7.23. The van der Waals surface area contributed by atoms with Gasteiger partial charge in [0.05, 0.1) is 14.2 Å². The zero-order valence-electron chi connectivity index (χ0n) is 16.9. The molecule has 1 fully saturated rings. The maximum atomic E-state index is 13.0. The number of amides is 1. The van der Waals surface area contributed by atoms with Gasteiger partial charge in [0.25, 0.3) is 0 Å². The zero-order valence-corrected chi connectivity index (χ0v) is 18.5. The first-order valence-corrected chi connectivity index (χ1v) is 11.4. The predicted octanol–water partition coefficient (Wildman–Crippen LogP) is 3.07. The van der Waals surface area contributed by atoms with Gasteiger partial charge >= 0.3 is 0 Å². The summed E-state index contributed by atoms with van der Waals surface area (Å²) in [5, 5.41) is 3.25. The molecule has 0 atom stereocenters. The summed E-state index contributed by atoms with van der Waals surface area (Å²) in [4.78, 5) is 12.6. The molecule has 0 bridgehead atoms. The van der Waals surface area contributed by atoms with Crippen LogP contribution < -0.4 is 14.8 Å². The van der Waals surface area contributed by atoms with Crippen LogP contribution in [0.1, 0.15) is 18.4 Å². The van der Waals surface area contributed by atoms with Crippen LogP contribution >= 0.6 is 11.6 Å². The lowest BCUT2D eigenvalue weighted by Crippen LogP contribution is -2.42. The number of sulfonamides is 1. The average molecular weight is 453 g/mol. The van der Waals surface area contributed by atoms with Crippen molar-refractivity contribution in [3.8, 4) is 11.5 Å². The van der Waals surface area contributed by atoms with Crippen LogP contribution in [0.3, 0.4) is 0 Å². The molecule has 162 valence electrons. The SMILES string of the molecule is COc1ccc(CNC(=O)C2CCN(S(=O)(=O)c3cc(Cl)ccc3OC)CC2)cc1. The van der Waals surface area contributed by atoms with Gasteiger partial charge in [-0.3, -0.25) is 4.79 Å². The second-order valence-electron chi connectivity index (χ2n) is 7.04. The van der Waals surface area contributed by atoms with E-state index in [2.05, 4.69) is 5.32 Å². The van der Waals surface area contributed by atoms with Crippen molar-refractivity contribution in [1.29, 1.82) is 0 Å². The summed E-state index contributed by atoms with van der Waals surface area (Å²) < 4.78 is 37.8. The number of benzene rings is 2. The quantitative estimate of drug-likeness (QED) is 0.697. The number of carbonyl (C=O) groups excluding carboxylic acids is 1. The number of hydrogen-bond donors (Lipinski definition) is 1. The predicted molar refractivity (Wildman–Crippen MR) is 114 cm³/mol. The van der Waals surface area contributed by atoms with E-state index in [1.807, 2.05) is 24.3 Å². The Bertz CT molecular complexity index is 987. The summed E-state index contributed by atoms with van der Waals surface area (Å²) in [6, 6.07) is 12.0. The standard InChI is InChI=1S/C21H25ClN2O5S/c1-28-18-6-3-15(4-7-18)14-23-21(25)16-9-11-24(12-10-16)30(26,27)20-13-17(22)5-8-19(20)29-2/h3-8,13,16H,9-12,14H2,1-2H3,(H,23,25). The van der Waals surface area contributed by atoms with Gasteiger partial charge in [0.2, 0.25) is 15.9 Å². The van der Waals surface area contributed by atoms with Crippen molar-refractivity contribution in [1.82, 2.24) is 9.62 Å². The Morgan fingerprint density at radius 1 is 1.10 bits per heavy atom. The molecule has 1 aliphatic heterocycles. The Hall–Kier alpha value is -2.29. The van der Waals surface area contributed by atoms with Crippen LogP contribution in [0.4, 0.5) is 0 Å². The summed E-state index contributed by atoms with van der Waals surface area (Å²) in [6.45, 7) is 0.943. The van der Waals surface area contributed by atoms with E-state index in [1.54, 1.807) is 13.2 Å². The van der Waals surface area contributed by atoms with Crippen LogP contribution in [0.25, 0.3) is 0 Å². The highest BCUT2D eigenvalue weighted by Gasteiger charge is 2.33. The molecule has 0 radical (unpaired) electrons. The minimum atomic E-state index is -3.76. The summed E-state index contributed by atoms with van der Waals surface area (Å²) >= 11 is 5.99. The Labute approximate surface area is 182 Å². The molecule has 1 heterocycles. The first kappa shape index (κ1) is 22.4. The molecule has 9 heteroatoms. The van der Waals surface area contributed by atoms with Gasteiger partial charge < -0.3 is 14.8 Å². The highest BCUT2D eigenvalue weighted by Crippen LogP contribution is 2.31. The van der Waals surface area contributed by atoms with E-state index in [0.717, 1.165) is 11.3 Å². The molecule has 0 aromatic heterocycles. The number of piperidine rings is 1. The largest absolute Gasteiger partial charge is 0.497 e. The molecule has 2 aromatic rings. The lowest BCUT2D eigenvalue weighted by atomic mass is 9.97. The van der Waals surface area contributed by atoms with E-state index in [1.165, 1.54) is 23.5 Å². The molecule has 1 amide bonds. The van der Waals surface area contributed by atoms with Gasteiger partial charge in [0.15, 0.2) is 0 Å². The molecule has 0 spiro atoms. The second-order valence-corrected chi connectivity index (χ2v) is 9.38. The molecule has 0 saturated carbocycles. The molecule has 3 rings (SSSR count). The van der Waals surface area contributed by atoms with Gasteiger partial charge in [-0.2, -0.15) is 4.31 Å². The lowest BCUT2D eigenvalue weighted by Gasteiger charge is -2.31. The maximum absolute atomic E-state index is 13.0. The molecular formula is C21H25ClN2O5S. The van der Waals surface area contributed by atoms with Gasteiger partial charge in [0, 0.05) is 30.6 Å². The monoisotopic (exact) mass is 452 g/mol.